The Kier molecular flexibility index (Phi) is 5.97. The van der Waals surface area contributed by atoms with Gasteiger partial charge in [0.25, 0.3) is 5.91 Å². The van der Waals surface area contributed by atoms with Crippen molar-refractivity contribution in [2.75, 3.05) is 5.73 Å². The lowest BCUT2D eigenvalue weighted by Crippen LogP contribution is -2.25. The van der Waals surface area contributed by atoms with Crippen LogP contribution in [0.1, 0.15) is 26.4 Å². The topological polar surface area (TPSA) is 140 Å². The first-order valence-corrected chi connectivity index (χ1v) is 10.4. The highest BCUT2D eigenvalue weighted by Gasteiger charge is 2.17. The van der Waals surface area contributed by atoms with Crippen LogP contribution in [0.3, 0.4) is 0 Å². The summed E-state index contributed by atoms with van der Waals surface area (Å²) in [6, 6.07) is 9.06. The number of primary amides is 1. The Hall–Kier alpha value is -3.63. The Labute approximate surface area is 190 Å². The van der Waals surface area contributed by atoms with Crippen molar-refractivity contribution in [1.82, 2.24) is 20.3 Å². The normalized spacial score (nSPS) is 10.9. The van der Waals surface area contributed by atoms with Gasteiger partial charge in [-0.1, -0.05) is 23.4 Å². The maximum absolute atomic E-state index is 13.5. The third-order valence-corrected chi connectivity index (χ3v) is 5.80. The molecule has 32 heavy (non-hydrogen) atoms. The molecular weight excluding hydrogens is 455 g/mol. The third kappa shape index (κ3) is 4.51. The summed E-state index contributed by atoms with van der Waals surface area (Å²) in [5.41, 5.74) is 12.8. The number of benzene rings is 2. The molecule has 0 radical (unpaired) electrons. The van der Waals surface area contributed by atoms with Crippen LogP contribution in [0.15, 0.2) is 58.7 Å². The zero-order valence-electron chi connectivity index (χ0n) is 16.4. The molecule has 8 nitrogen and oxygen atoms in total. The number of carbonyl (C=O) groups excluding carboxylic acids is 2. The number of aromatic nitrogens is 3. The number of nitrogen functional groups attached to an aromatic ring is 1. The van der Waals surface area contributed by atoms with E-state index >= 15 is 0 Å². The van der Waals surface area contributed by atoms with E-state index in [9.17, 15) is 14.0 Å². The largest absolute Gasteiger partial charge is 0.382 e. The van der Waals surface area contributed by atoms with Crippen LogP contribution in [0.25, 0.3) is 10.9 Å². The highest BCUT2D eigenvalue weighted by Crippen LogP contribution is 2.30. The number of carbonyl (C=O) groups is 2. The van der Waals surface area contributed by atoms with E-state index in [0.29, 0.717) is 9.92 Å². The van der Waals surface area contributed by atoms with Gasteiger partial charge in [0, 0.05) is 33.6 Å². The minimum Gasteiger partial charge on any atom is -0.382 e. The van der Waals surface area contributed by atoms with Gasteiger partial charge in [-0.05, 0) is 42.0 Å². The number of halogens is 2. The number of rotatable bonds is 6. The van der Waals surface area contributed by atoms with E-state index < -0.39 is 17.6 Å². The minimum atomic E-state index is -0.785. The molecule has 0 aliphatic heterocycles. The molecule has 0 atom stereocenters. The van der Waals surface area contributed by atoms with Crippen molar-refractivity contribution in [2.45, 2.75) is 16.5 Å². The van der Waals surface area contributed by atoms with Crippen LogP contribution < -0.4 is 16.8 Å². The lowest BCUT2D eigenvalue weighted by atomic mass is 10.2. The number of aromatic amines is 1. The Balaban J connectivity index is 1.54. The average Bonchev–Trinajstić information content (AvgIpc) is 3.16. The van der Waals surface area contributed by atoms with Crippen LogP contribution in [-0.4, -0.2) is 26.8 Å². The molecule has 2 amide bonds. The summed E-state index contributed by atoms with van der Waals surface area (Å²) in [5, 5.41) is 4.52. The van der Waals surface area contributed by atoms with Gasteiger partial charge in [-0.25, -0.2) is 14.4 Å². The van der Waals surface area contributed by atoms with Crippen molar-refractivity contribution in [1.29, 1.82) is 0 Å². The van der Waals surface area contributed by atoms with Crippen molar-refractivity contribution in [3.05, 3.63) is 76.5 Å². The Morgan fingerprint density at radius 1 is 1.22 bits per heavy atom. The van der Waals surface area contributed by atoms with Gasteiger partial charge in [-0.15, -0.1) is 0 Å². The number of nitrogens with two attached hydrogens (primary N) is 2. The molecule has 0 spiro atoms. The number of nitrogens with zero attached hydrogens (tertiary/aromatic N) is 2. The van der Waals surface area contributed by atoms with Gasteiger partial charge >= 0.3 is 0 Å². The predicted molar refractivity (Wildman–Crippen MR) is 120 cm³/mol. The summed E-state index contributed by atoms with van der Waals surface area (Å²) in [6.45, 7) is 0.210. The number of hydrogen-bond donors (Lipinski definition) is 4. The Morgan fingerprint density at radius 3 is 2.81 bits per heavy atom. The molecule has 162 valence electrons. The second kappa shape index (κ2) is 8.85. The van der Waals surface area contributed by atoms with Gasteiger partial charge < -0.3 is 21.8 Å². The van der Waals surface area contributed by atoms with E-state index in [0.717, 1.165) is 34.3 Å². The lowest BCUT2D eigenvalue weighted by molar-refractivity contribution is 0.0944. The molecule has 11 heteroatoms. The van der Waals surface area contributed by atoms with Gasteiger partial charge in [-0.3, -0.25) is 9.59 Å². The van der Waals surface area contributed by atoms with Gasteiger partial charge in [0.1, 0.15) is 10.8 Å². The molecule has 4 rings (SSSR count). The summed E-state index contributed by atoms with van der Waals surface area (Å²) in [6.07, 6.45) is 3.13. The lowest BCUT2D eigenvalue weighted by Gasteiger charge is -2.09. The second-order valence-electron chi connectivity index (χ2n) is 6.74. The number of anilines is 1. The zero-order chi connectivity index (χ0) is 22.8. The molecule has 0 saturated heterocycles. The van der Waals surface area contributed by atoms with Crippen LogP contribution >= 0.6 is 23.4 Å². The maximum Gasteiger partial charge on any atom is 0.274 e. The van der Waals surface area contributed by atoms with E-state index in [-0.39, 0.29) is 28.6 Å². The molecule has 0 bridgehead atoms. The standard InChI is InChI=1S/C21H16ClFN6O2S/c22-11-1-3-15-13(5-11)10(7-26-15)8-28-21(31)18-19(24)27-9-17(29-18)32-16-4-2-12(23)6-14(16)20(25)30/h1-7,9,26H,8H2,(H2,24,27)(H2,25,30)(H,28,31). The second-order valence-corrected chi connectivity index (χ2v) is 8.23. The van der Waals surface area contributed by atoms with Crippen LogP contribution in [-0.2, 0) is 6.54 Å². The first kappa shape index (κ1) is 21.6. The fourth-order valence-electron chi connectivity index (χ4n) is 3.05. The van der Waals surface area contributed by atoms with Gasteiger partial charge in [0.05, 0.1) is 11.8 Å². The molecule has 0 aliphatic carbocycles. The minimum absolute atomic E-state index is 0.00220. The molecule has 6 N–H and O–H groups in total. The SMILES string of the molecule is NC(=O)c1cc(F)ccc1Sc1cnc(N)c(C(=O)NCc2c[nH]c3ccc(Cl)cc23)n1. The Bertz CT molecular complexity index is 1360. The van der Waals surface area contributed by atoms with Crippen LogP contribution in [0.2, 0.25) is 5.02 Å². The maximum atomic E-state index is 13.5. The van der Waals surface area contributed by atoms with Crippen LogP contribution in [0, 0.1) is 5.82 Å². The van der Waals surface area contributed by atoms with Crippen molar-refractivity contribution < 1.29 is 14.0 Å². The van der Waals surface area contributed by atoms with E-state index in [1.165, 1.54) is 18.3 Å². The molecule has 0 fully saturated rings. The van der Waals surface area contributed by atoms with Crippen molar-refractivity contribution >= 4 is 51.9 Å². The molecule has 4 aromatic rings. The van der Waals surface area contributed by atoms with Gasteiger partial charge in [-0.2, -0.15) is 0 Å². The predicted octanol–water partition coefficient (Wildman–Crippen LogP) is 3.51. The van der Waals surface area contributed by atoms with E-state index in [1.807, 2.05) is 6.07 Å². The highest BCUT2D eigenvalue weighted by atomic mass is 35.5. The number of H-pyrrole nitrogens is 1. The van der Waals surface area contributed by atoms with Crippen LogP contribution in [0.5, 0.6) is 0 Å². The summed E-state index contributed by atoms with van der Waals surface area (Å²) in [7, 11) is 0. The molecule has 0 aliphatic rings. The van der Waals surface area contributed by atoms with Gasteiger partial charge in [0.2, 0.25) is 5.91 Å². The summed E-state index contributed by atoms with van der Waals surface area (Å²) in [4.78, 5) is 36.1. The fourth-order valence-corrected chi connectivity index (χ4v) is 4.10. The summed E-state index contributed by atoms with van der Waals surface area (Å²) >= 11 is 7.08. The molecular formula is C21H16ClFN6O2S. The average molecular weight is 471 g/mol. The number of hydrogen-bond acceptors (Lipinski definition) is 6. The van der Waals surface area contributed by atoms with Crippen molar-refractivity contribution in [2.24, 2.45) is 5.73 Å². The van der Waals surface area contributed by atoms with E-state index in [1.54, 1.807) is 18.3 Å². The van der Waals surface area contributed by atoms with Crippen LogP contribution in [0.4, 0.5) is 10.2 Å². The first-order valence-electron chi connectivity index (χ1n) is 9.25. The molecule has 0 unspecified atom stereocenters. The molecule has 2 aromatic heterocycles. The highest BCUT2D eigenvalue weighted by molar-refractivity contribution is 7.99. The van der Waals surface area contributed by atoms with E-state index in [4.69, 9.17) is 23.1 Å². The zero-order valence-corrected chi connectivity index (χ0v) is 17.9. The molecule has 2 heterocycles. The number of amides is 2. The summed E-state index contributed by atoms with van der Waals surface area (Å²) < 4.78 is 13.5. The smallest absolute Gasteiger partial charge is 0.274 e. The van der Waals surface area contributed by atoms with Crippen molar-refractivity contribution in [3.8, 4) is 0 Å². The number of nitrogens with one attached hydrogen (secondary N) is 2. The monoisotopic (exact) mass is 470 g/mol. The molecule has 2 aromatic carbocycles. The van der Waals surface area contributed by atoms with Gasteiger partial charge in [0.15, 0.2) is 11.5 Å². The Morgan fingerprint density at radius 2 is 2.03 bits per heavy atom. The third-order valence-electron chi connectivity index (χ3n) is 4.58. The quantitative estimate of drug-likeness (QED) is 0.340. The van der Waals surface area contributed by atoms with Crippen molar-refractivity contribution in [3.63, 3.8) is 0 Å². The van der Waals surface area contributed by atoms with E-state index in [2.05, 4.69) is 20.3 Å². The first-order chi connectivity index (χ1) is 15.3. The fraction of sp³-hybridized carbons (Fsp3) is 0.0476. The summed E-state index contributed by atoms with van der Waals surface area (Å²) in [5.74, 6) is -1.96. The molecule has 0 saturated carbocycles. The number of fused-ring (bicyclic) bond motifs is 1.